The van der Waals surface area contributed by atoms with E-state index in [0.29, 0.717) is 25.2 Å². The highest BCUT2D eigenvalue weighted by Crippen LogP contribution is 2.22. The minimum Gasteiger partial charge on any atom is -0.381 e. The molecular formula is C17H16FN7O2. The normalized spacial score (nSPS) is 14.1. The van der Waals surface area contributed by atoms with Gasteiger partial charge >= 0.3 is 0 Å². The van der Waals surface area contributed by atoms with E-state index in [1.54, 1.807) is 17.2 Å². The molecule has 0 bridgehead atoms. The minimum absolute atomic E-state index is 0.0436. The molecule has 0 spiro atoms. The van der Waals surface area contributed by atoms with Crippen LogP contribution in [-0.4, -0.2) is 42.8 Å². The second-order valence-electron chi connectivity index (χ2n) is 6.21. The van der Waals surface area contributed by atoms with Crippen LogP contribution in [0.1, 0.15) is 28.8 Å². The van der Waals surface area contributed by atoms with Crippen molar-refractivity contribution in [2.24, 2.45) is 0 Å². The molecule has 138 valence electrons. The number of amides is 2. The fourth-order valence-corrected chi connectivity index (χ4v) is 3.08. The first-order chi connectivity index (χ1) is 13.0. The van der Waals surface area contributed by atoms with Crippen LogP contribution in [0.2, 0.25) is 0 Å². The summed E-state index contributed by atoms with van der Waals surface area (Å²) in [5.41, 5.74) is 7.22. The summed E-state index contributed by atoms with van der Waals surface area (Å²) < 4.78 is 14.4. The van der Waals surface area contributed by atoms with Gasteiger partial charge in [0.05, 0.1) is 24.3 Å². The molecular weight excluding hydrogens is 353 g/mol. The third-order valence-corrected chi connectivity index (χ3v) is 4.39. The lowest BCUT2D eigenvalue weighted by molar-refractivity contribution is -0.128. The molecule has 3 N–H and O–H groups in total. The second kappa shape index (κ2) is 6.63. The van der Waals surface area contributed by atoms with E-state index in [2.05, 4.69) is 20.4 Å². The number of nitrogens with one attached hydrogen (secondary N) is 1. The Kier molecular flexibility index (Phi) is 4.15. The molecule has 10 heteroatoms. The van der Waals surface area contributed by atoms with E-state index in [0.717, 1.165) is 28.9 Å². The summed E-state index contributed by atoms with van der Waals surface area (Å²) in [5, 5.41) is 6.66. The molecule has 4 heterocycles. The molecule has 0 aliphatic carbocycles. The summed E-state index contributed by atoms with van der Waals surface area (Å²) in [6.45, 7) is 1.07. The molecule has 3 aromatic heterocycles. The predicted octanol–water partition coefficient (Wildman–Crippen LogP) is 1.22. The summed E-state index contributed by atoms with van der Waals surface area (Å²) in [4.78, 5) is 34.3. The van der Waals surface area contributed by atoms with Gasteiger partial charge in [0.25, 0.3) is 5.91 Å². The quantitative estimate of drug-likeness (QED) is 0.714. The molecule has 1 fully saturated rings. The van der Waals surface area contributed by atoms with E-state index in [1.165, 1.54) is 6.20 Å². The number of nitrogens with zero attached hydrogens (tertiary/aromatic N) is 5. The van der Waals surface area contributed by atoms with Crippen molar-refractivity contribution in [2.75, 3.05) is 17.6 Å². The maximum atomic E-state index is 13.3. The first kappa shape index (κ1) is 16.9. The number of hydrogen-bond donors (Lipinski definition) is 2. The summed E-state index contributed by atoms with van der Waals surface area (Å²) in [5.74, 6) is -1.11. The maximum absolute atomic E-state index is 13.3. The van der Waals surface area contributed by atoms with Crippen molar-refractivity contribution in [3.63, 3.8) is 0 Å². The summed E-state index contributed by atoms with van der Waals surface area (Å²) in [7, 11) is 0. The Labute approximate surface area is 153 Å². The van der Waals surface area contributed by atoms with E-state index < -0.39 is 11.7 Å². The van der Waals surface area contributed by atoms with Gasteiger partial charge in [0.1, 0.15) is 5.56 Å². The highest BCUT2D eigenvalue weighted by Gasteiger charge is 2.23. The van der Waals surface area contributed by atoms with Gasteiger partial charge in [-0.3, -0.25) is 14.6 Å². The molecule has 0 unspecified atom stereocenters. The van der Waals surface area contributed by atoms with E-state index in [9.17, 15) is 14.0 Å². The Morgan fingerprint density at radius 1 is 1.37 bits per heavy atom. The van der Waals surface area contributed by atoms with E-state index >= 15 is 0 Å². The number of nitrogens with two attached hydrogens (primary N) is 1. The van der Waals surface area contributed by atoms with Gasteiger partial charge in [0.15, 0.2) is 17.3 Å². The third kappa shape index (κ3) is 3.16. The largest absolute Gasteiger partial charge is 0.381 e. The highest BCUT2D eigenvalue weighted by atomic mass is 19.1. The van der Waals surface area contributed by atoms with Crippen molar-refractivity contribution in [3.05, 3.63) is 47.8 Å². The zero-order valence-corrected chi connectivity index (χ0v) is 14.2. The van der Waals surface area contributed by atoms with Crippen LogP contribution in [0.25, 0.3) is 5.65 Å². The zero-order chi connectivity index (χ0) is 19.0. The molecule has 1 aliphatic rings. The Morgan fingerprint density at radius 2 is 2.22 bits per heavy atom. The highest BCUT2D eigenvalue weighted by molar-refractivity contribution is 6.11. The summed E-state index contributed by atoms with van der Waals surface area (Å²) >= 11 is 0. The number of anilines is 2. The first-order valence-electron chi connectivity index (χ1n) is 8.34. The number of hydrogen-bond acceptors (Lipinski definition) is 6. The lowest BCUT2D eigenvalue weighted by Crippen LogP contribution is -2.25. The van der Waals surface area contributed by atoms with Crippen molar-refractivity contribution >= 4 is 29.0 Å². The SMILES string of the molecule is Nc1nn2cc(F)cnc2c1C(=O)Nc1cnccc1CN1CCCC1=O. The molecule has 0 aromatic carbocycles. The average molecular weight is 369 g/mol. The summed E-state index contributed by atoms with van der Waals surface area (Å²) in [6.07, 6.45) is 6.54. The molecule has 1 saturated heterocycles. The van der Waals surface area contributed by atoms with Gasteiger partial charge in [-0.25, -0.2) is 13.9 Å². The van der Waals surface area contributed by atoms with Crippen LogP contribution in [0, 0.1) is 5.82 Å². The minimum atomic E-state index is -0.596. The molecule has 0 radical (unpaired) electrons. The van der Waals surface area contributed by atoms with E-state index in [4.69, 9.17) is 5.73 Å². The van der Waals surface area contributed by atoms with Crippen molar-refractivity contribution in [1.29, 1.82) is 0 Å². The third-order valence-electron chi connectivity index (χ3n) is 4.39. The fraction of sp³-hybridized carbons (Fsp3) is 0.235. The number of halogens is 1. The lowest BCUT2D eigenvalue weighted by atomic mass is 10.2. The number of aromatic nitrogens is 4. The van der Waals surface area contributed by atoms with Crippen molar-refractivity contribution in [1.82, 2.24) is 24.5 Å². The Bertz CT molecular complexity index is 1050. The molecule has 27 heavy (non-hydrogen) atoms. The molecule has 9 nitrogen and oxygen atoms in total. The average Bonchev–Trinajstić information content (AvgIpc) is 3.18. The van der Waals surface area contributed by atoms with Gasteiger partial charge in [-0.2, -0.15) is 0 Å². The Morgan fingerprint density at radius 3 is 3.00 bits per heavy atom. The number of nitrogen functional groups attached to an aromatic ring is 1. The number of likely N-dealkylation sites (tertiary alicyclic amines) is 1. The van der Waals surface area contributed by atoms with Crippen LogP contribution < -0.4 is 11.1 Å². The van der Waals surface area contributed by atoms with Crippen LogP contribution in [0.4, 0.5) is 15.9 Å². The van der Waals surface area contributed by atoms with Gasteiger partial charge in [-0.05, 0) is 18.1 Å². The standard InChI is InChI=1S/C17H16FN7O2/c18-11-6-21-16-14(15(19)23-25(16)9-11)17(27)22-12-7-20-4-3-10(12)8-24-5-1-2-13(24)26/h3-4,6-7,9H,1-2,5,8H2,(H2,19,23)(H,22,27). The van der Waals surface area contributed by atoms with Gasteiger partial charge < -0.3 is 16.0 Å². The topological polar surface area (TPSA) is 119 Å². The van der Waals surface area contributed by atoms with Crippen molar-refractivity contribution < 1.29 is 14.0 Å². The Balaban J connectivity index is 1.62. The molecule has 4 rings (SSSR count). The monoisotopic (exact) mass is 369 g/mol. The first-order valence-corrected chi connectivity index (χ1v) is 8.34. The van der Waals surface area contributed by atoms with Crippen LogP contribution >= 0.6 is 0 Å². The number of carbonyl (C=O) groups excluding carboxylic acids is 2. The number of fused-ring (bicyclic) bond motifs is 1. The molecule has 2 amide bonds. The fourth-order valence-electron chi connectivity index (χ4n) is 3.08. The lowest BCUT2D eigenvalue weighted by Gasteiger charge is -2.18. The second-order valence-corrected chi connectivity index (χ2v) is 6.21. The zero-order valence-electron chi connectivity index (χ0n) is 14.2. The van der Waals surface area contributed by atoms with Crippen LogP contribution in [0.3, 0.4) is 0 Å². The van der Waals surface area contributed by atoms with E-state index in [-0.39, 0.29) is 22.9 Å². The Hall–Kier alpha value is -3.56. The van der Waals surface area contributed by atoms with Gasteiger partial charge in [-0.15, -0.1) is 5.10 Å². The van der Waals surface area contributed by atoms with Crippen molar-refractivity contribution in [2.45, 2.75) is 19.4 Å². The molecule has 0 atom stereocenters. The van der Waals surface area contributed by atoms with Crippen LogP contribution in [0.15, 0.2) is 30.9 Å². The van der Waals surface area contributed by atoms with E-state index in [1.807, 2.05) is 0 Å². The van der Waals surface area contributed by atoms with Crippen LogP contribution in [0.5, 0.6) is 0 Å². The van der Waals surface area contributed by atoms with Crippen molar-refractivity contribution in [3.8, 4) is 0 Å². The predicted molar refractivity (Wildman–Crippen MR) is 94.2 cm³/mol. The smallest absolute Gasteiger partial charge is 0.263 e. The maximum Gasteiger partial charge on any atom is 0.263 e. The molecule has 3 aromatic rings. The number of carbonyl (C=O) groups is 2. The van der Waals surface area contributed by atoms with Gasteiger partial charge in [0.2, 0.25) is 5.91 Å². The van der Waals surface area contributed by atoms with Crippen LogP contribution in [-0.2, 0) is 11.3 Å². The molecule has 0 saturated carbocycles. The summed E-state index contributed by atoms with van der Waals surface area (Å²) in [6, 6.07) is 1.74. The van der Waals surface area contributed by atoms with Gasteiger partial charge in [0, 0.05) is 25.7 Å². The number of pyridine rings is 1. The number of rotatable bonds is 4. The van der Waals surface area contributed by atoms with Gasteiger partial charge in [-0.1, -0.05) is 0 Å². The molecule has 1 aliphatic heterocycles.